The highest BCUT2D eigenvalue weighted by Crippen LogP contribution is 2.19. The molecular formula is C14H13F3N2O2. The van der Waals surface area contributed by atoms with Crippen LogP contribution in [0, 0.1) is 17.5 Å². The first-order valence-corrected chi connectivity index (χ1v) is 6.18. The SMILES string of the molecule is CC(Nc1cc(F)cc(F)c1F)C(=O)NCc1ccco1. The van der Waals surface area contributed by atoms with E-state index in [1.54, 1.807) is 12.1 Å². The van der Waals surface area contributed by atoms with Crippen molar-refractivity contribution in [3.8, 4) is 0 Å². The molecule has 4 nitrogen and oxygen atoms in total. The number of hydrogen-bond acceptors (Lipinski definition) is 3. The molecule has 2 rings (SSSR count). The van der Waals surface area contributed by atoms with Gasteiger partial charge in [-0.25, -0.2) is 13.2 Å². The minimum atomic E-state index is -1.32. The molecule has 0 spiro atoms. The van der Waals surface area contributed by atoms with E-state index in [0.717, 1.165) is 6.07 Å². The maximum absolute atomic E-state index is 13.5. The second kappa shape index (κ2) is 6.34. The largest absolute Gasteiger partial charge is 0.467 e. The summed E-state index contributed by atoms with van der Waals surface area (Å²) in [6.07, 6.45) is 1.47. The zero-order chi connectivity index (χ0) is 15.4. The molecule has 1 aromatic heterocycles. The fraction of sp³-hybridized carbons (Fsp3) is 0.214. The second-order valence-corrected chi connectivity index (χ2v) is 4.41. The Labute approximate surface area is 119 Å². The standard InChI is InChI=1S/C14H13F3N2O2/c1-8(14(20)18-7-10-3-2-4-21-10)19-12-6-9(15)5-11(16)13(12)17/h2-6,8,19H,7H2,1H3,(H,18,20). The highest BCUT2D eigenvalue weighted by Gasteiger charge is 2.17. The number of rotatable bonds is 5. The summed E-state index contributed by atoms with van der Waals surface area (Å²) in [6, 6.07) is 3.70. The quantitative estimate of drug-likeness (QED) is 0.835. The highest BCUT2D eigenvalue weighted by atomic mass is 19.2. The van der Waals surface area contributed by atoms with Gasteiger partial charge in [-0.05, 0) is 19.1 Å². The van der Waals surface area contributed by atoms with Gasteiger partial charge in [0.05, 0.1) is 18.5 Å². The van der Waals surface area contributed by atoms with E-state index in [9.17, 15) is 18.0 Å². The number of benzene rings is 1. The minimum absolute atomic E-state index is 0.165. The van der Waals surface area contributed by atoms with Gasteiger partial charge < -0.3 is 15.1 Å². The monoisotopic (exact) mass is 298 g/mol. The predicted octanol–water partition coefficient (Wildman–Crippen LogP) is 2.81. The van der Waals surface area contributed by atoms with E-state index in [1.807, 2.05) is 0 Å². The Morgan fingerprint density at radius 2 is 2.10 bits per heavy atom. The number of halogens is 3. The molecule has 7 heteroatoms. The lowest BCUT2D eigenvalue weighted by atomic mass is 10.2. The van der Waals surface area contributed by atoms with Gasteiger partial charge in [0.25, 0.3) is 0 Å². The highest BCUT2D eigenvalue weighted by molar-refractivity contribution is 5.84. The molecule has 0 radical (unpaired) electrons. The Bertz CT molecular complexity index is 629. The lowest BCUT2D eigenvalue weighted by Gasteiger charge is -2.15. The molecule has 0 saturated carbocycles. The zero-order valence-electron chi connectivity index (χ0n) is 11.1. The summed E-state index contributed by atoms with van der Waals surface area (Å²) < 4.78 is 44.6. The van der Waals surface area contributed by atoms with E-state index in [1.165, 1.54) is 13.2 Å². The van der Waals surface area contributed by atoms with Gasteiger partial charge in [0.2, 0.25) is 5.91 Å². The molecule has 0 saturated heterocycles. The van der Waals surface area contributed by atoms with Crippen molar-refractivity contribution in [2.24, 2.45) is 0 Å². The van der Waals surface area contributed by atoms with Crippen LogP contribution in [0.2, 0.25) is 0 Å². The molecule has 0 aliphatic rings. The molecule has 1 atom stereocenters. The lowest BCUT2D eigenvalue weighted by molar-refractivity contribution is -0.121. The maximum Gasteiger partial charge on any atom is 0.242 e. The number of anilines is 1. The average Bonchev–Trinajstić information content (AvgIpc) is 2.94. The van der Waals surface area contributed by atoms with Gasteiger partial charge >= 0.3 is 0 Å². The average molecular weight is 298 g/mol. The van der Waals surface area contributed by atoms with Crippen molar-refractivity contribution in [3.63, 3.8) is 0 Å². The van der Waals surface area contributed by atoms with Crippen molar-refractivity contribution < 1.29 is 22.4 Å². The van der Waals surface area contributed by atoms with Crippen LogP contribution in [0.1, 0.15) is 12.7 Å². The molecule has 1 aromatic carbocycles. The van der Waals surface area contributed by atoms with Crippen molar-refractivity contribution in [2.75, 3.05) is 5.32 Å². The van der Waals surface area contributed by atoms with Gasteiger partial charge in [-0.1, -0.05) is 0 Å². The Kier molecular flexibility index (Phi) is 4.52. The van der Waals surface area contributed by atoms with Gasteiger partial charge in [0.1, 0.15) is 17.6 Å². The summed E-state index contributed by atoms with van der Waals surface area (Å²) in [5.74, 6) is -3.39. The third kappa shape index (κ3) is 3.77. The Morgan fingerprint density at radius 1 is 1.33 bits per heavy atom. The van der Waals surface area contributed by atoms with Gasteiger partial charge in [-0.2, -0.15) is 0 Å². The Hall–Kier alpha value is -2.44. The normalized spacial score (nSPS) is 12.0. The summed E-state index contributed by atoms with van der Waals surface area (Å²) >= 11 is 0. The molecule has 112 valence electrons. The van der Waals surface area contributed by atoms with E-state index < -0.39 is 35.1 Å². The molecule has 1 unspecified atom stereocenters. The van der Waals surface area contributed by atoms with Crippen molar-refractivity contribution >= 4 is 11.6 Å². The van der Waals surface area contributed by atoms with Crippen molar-refractivity contribution in [1.82, 2.24) is 5.32 Å². The third-order valence-electron chi connectivity index (χ3n) is 2.78. The molecule has 21 heavy (non-hydrogen) atoms. The van der Waals surface area contributed by atoms with Crippen LogP contribution in [0.15, 0.2) is 34.9 Å². The lowest BCUT2D eigenvalue weighted by Crippen LogP contribution is -2.37. The van der Waals surface area contributed by atoms with Crippen LogP contribution in [0.5, 0.6) is 0 Å². The van der Waals surface area contributed by atoms with Gasteiger partial charge in [-0.3, -0.25) is 4.79 Å². The molecule has 0 bridgehead atoms. The fourth-order valence-corrected chi connectivity index (χ4v) is 1.70. The summed E-state index contributed by atoms with van der Waals surface area (Å²) in [4.78, 5) is 11.8. The number of amides is 1. The van der Waals surface area contributed by atoms with Crippen LogP contribution < -0.4 is 10.6 Å². The van der Waals surface area contributed by atoms with Crippen LogP contribution in [-0.4, -0.2) is 11.9 Å². The van der Waals surface area contributed by atoms with E-state index in [4.69, 9.17) is 4.42 Å². The molecule has 0 aliphatic carbocycles. The predicted molar refractivity (Wildman–Crippen MR) is 70.0 cm³/mol. The molecule has 1 amide bonds. The fourth-order valence-electron chi connectivity index (χ4n) is 1.70. The number of carbonyl (C=O) groups excluding carboxylic acids is 1. The second-order valence-electron chi connectivity index (χ2n) is 4.41. The maximum atomic E-state index is 13.5. The molecule has 0 fully saturated rings. The first-order valence-electron chi connectivity index (χ1n) is 6.18. The van der Waals surface area contributed by atoms with Crippen LogP contribution >= 0.6 is 0 Å². The van der Waals surface area contributed by atoms with Crippen molar-refractivity contribution in [1.29, 1.82) is 0 Å². The third-order valence-corrected chi connectivity index (χ3v) is 2.78. The number of furan rings is 1. The molecule has 2 aromatic rings. The van der Waals surface area contributed by atoms with E-state index in [-0.39, 0.29) is 6.54 Å². The summed E-state index contributed by atoms with van der Waals surface area (Å²) in [6.45, 7) is 1.61. The zero-order valence-corrected chi connectivity index (χ0v) is 11.1. The topological polar surface area (TPSA) is 54.3 Å². The van der Waals surface area contributed by atoms with Crippen LogP contribution in [-0.2, 0) is 11.3 Å². The van der Waals surface area contributed by atoms with Crippen molar-refractivity contribution in [3.05, 3.63) is 53.7 Å². The van der Waals surface area contributed by atoms with Crippen molar-refractivity contribution in [2.45, 2.75) is 19.5 Å². The number of nitrogens with one attached hydrogen (secondary N) is 2. The first kappa shape index (κ1) is 15.0. The molecule has 2 N–H and O–H groups in total. The van der Waals surface area contributed by atoms with E-state index in [2.05, 4.69) is 10.6 Å². The van der Waals surface area contributed by atoms with E-state index in [0.29, 0.717) is 11.8 Å². The molecule has 1 heterocycles. The summed E-state index contributed by atoms with van der Waals surface area (Å²) in [5, 5.41) is 4.97. The van der Waals surface area contributed by atoms with Crippen LogP contribution in [0.4, 0.5) is 18.9 Å². The smallest absolute Gasteiger partial charge is 0.242 e. The summed E-state index contributed by atoms with van der Waals surface area (Å²) in [7, 11) is 0. The molecule has 0 aliphatic heterocycles. The summed E-state index contributed by atoms with van der Waals surface area (Å²) in [5.41, 5.74) is -0.409. The Morgan fingerprint density at radius 3 is 2.76 bits per heavy atom. The van der Waals surface area contributed by atoms with E-state index >= 15 is 0 Å². The van der Waals surface area contributed by atoms with Crippen LogP contribution in [0.3, 0.4) is 0 Å². The Balaban J connectivity index is 1.97. The van der Waals surface area contributed by atoms with Crippen LogP contribution in [0.25, 0.3) is 0 Å². The van der Waals surface area contributed by atoms with Gasteiger partial charge in [0, 0.05) is 12.1 Å². The van der Waals surface area contributed by atoms with Gasteiger partial charge in [0.15, 0.2) is 11.6 Å². The molecular weight excluding hydrogens is 285 g/mol. The first-order chi connectivity index (χ1) is 9.97. The van der Waals surface area contributed by atoms with Gasteiger partial charge in [-0.15, -0.1) is 0 Å². The number of hydrogen-bond donors (Lipinski definition) is 2. The minimum Gasteiger partial charge on any atom is -0.467 e. The number of carbonyl (C=O) groups is 1.